The van der Waals surface area contributed by atoms with Gasteiger partial charge < -0.3 is 29.6 Å². The van der Waals surface area contributed by atoms with Gasteiger partial charge in [-0.05, 0) is 47.1 Å². The van der Waals surface area contributed by atoms with Crippen LogP contribution >= 0.6 is 11.6 Å². The molecule has 2 aliphatic rings. The lowest BCUT2D eigenvalue weighted by molar-refractivity contribution is -0.178. The van der Waals surface area contributed by atoms with E-state index in [0.717, 1.165) is 5.56 Å². The molecule has 0 aliphatic carbocycles. The molecule has 2 aromatic carbocycles. The molecule has 2 heterocycles. The number of cyclic esters (lactones) is 2. The van der Waals surface area contributed by atoms with Crippen LogP contribution in [0, 0.1) is 23.2 Å². The third-order valence-electron chi connectivity index (χ3n) is 8.97. The fourth-order valence-corrected chi connectivity index (χ4v) is 6.24. The normalized spacial score (nSPS) is 27.0. The maximum absolute atomic E-state index is 13.7. The Labute approximate surface area is 294 Å². The van der Waals surface area contributed by atoms with Crippen molar-refractivity contribution in [3.8, 4) is 5.75 Å². The molecule has 2 amide bonds. The summed E-state index contributed by atoms with van der Waals surface area (Å²) in [6.45, 7) is 11.3. The third kappa shape index (κ3) is 10.5. The molecule has 1 fully saturated rings. The van der Waals surface area contributed by atoms with Crippen molar-refractivity contribution >= 4 is 35.4 Å². The van der Waals surface area contributed by atoms with Crippen molar-refractivity contribution in [1.29, 1.82) is 0 Å². The molecule has 11 heteroatoms. The van der Waals surface area contributed by atoms with Crippen LogP contribution in [0.2, 0.25) is 5.02 Å². The van der Waals surface area contributed by atoms with Crippen LogP contribution in [0.4, 0.5) is 0 Å². The fourth-order valence-electron chi connectivity index (χ4n) is 5.96. The highest BCUT2D eigenvalue weighted by Crippen LogP contribution is 2.45. The quantitative estimate of drug-likeness (QED) is 0.263. The van der Waals surface area contributed by atoms with Crippen LogP contribution in [0.3, 0.4) is 0 Å². The number of methoxy groups -OCH3 is 1. The Balaban J connectivity index is 1.64. The smallest absolute Gasteiger partial charge is 0.347 e. The second-order valence-electron chi connectivity index (χ2n) is 14.4. The summed E-state index contributed by atoms with van der Waals surface area (Å²) in [6, 6.07) is 14.0. The summed E-state index contributed by atoms with van der Waals surface area (Å²) in [7, 11) is 1.51. The van der Waals surface area contributed by atoms with Crippen LogP contribution in [-0.2, 0) is 39.8 Å². The van der Waals surface area contributed by atoms with Crippen LogP contribution in [-0.4, -0.2) is 61.8 Å². The second-order valence-corrected chi connectivity index (χ2v) is 14.8. The molecule has 0 spiro atoms. The van der Waals surface area contributed by atoms with Crippen molar-refractivity contribution in [2.45, 2.75) is 91.3 Å². The fraction of sp³-hybridized carbons (Fsp3) is 0.526. The molecule has 7 atom stereocenters. The van der Waals surface area contributed by atoms with E-state index in [9.17, 15) is 19.2 Å². The summed E-state index contributed by atoms with van der Waals surface area (Å²) in [5.41, 5.74) is 1.09. The van der Waals surface area contributed by atoms with Gasteiger partial charge in [-0.3, -0.25) is 14.4 Å². The number of esters is 2. The first kappa shape index (κ1) is 37.9. The minimum atomic E-state index is -1.15. The number of rotatable bonds is 8. The minimum Gasteiger partial charge on any atom is -0.495 e. The molecule has 1 saturated heterocycles. The van der Waals surface area contributed by atoms with E-state index in [2.05, 4.69) is 10.6 Å². The molecule has 2 aliphatic heterocycles. The van der Waals surface area contributed by atoms with Crippen LogP contribution in [0.5, 0.6) is 5.75 Å². The third-order valence-corrected chi connectivity index (χ3v) is 9.26. The lowest BCUT2D eigenvalue weighted by Crippen LogP contribution is -2.51. The first-order chi connectivity index (χ1) is 23.2. The molecule has 4 rings (SSSR count). The monoisotopic (exact) mass is 696 g/mol. The predicted octanol–water partition coefficient (Wildman–Crippen LogP) is 5.76. The molecular formula is C38H49ClN2O8. The minimum absolute atomic E-state index is 0.0182. The Morgan fingerprint density at radius 3 is 2.33 bits per heavy atom. The number of amides is 2. The highest BCUT2D eigenvalue weighted by Gasteiger charge is 2.48. The number of epoxide rings is 1. The summed E-state index contributed by atoms with van der Waals surface area (Å²) in [5, 5.41) is 6.00. The van der Waals surface area contributed by atoms with Crippen molar-refractivity contribution in [2.24, 2.45) is 23.2 Å². The largest absolute Gasteiger partial charge is 0.495 e. The van der Waals surface area contributed by atoms with Crippen molar-refractivity contribution in [3.63, 3.8) is 0 Å². The van der Waals surface area contributed by atoms with Gasteiger partial charge in [-0.2, -0.15) is 0 Å². The lowest BCUT2D eigenvalue weighted by atomic mass is 9.80. The highest BCUT2D eigenvalue weighted by atomic mass is 35.5. The number of benzene rings is 2. The number of nitrogens with one attached hydrogen (secondary N) is 2. The van der Waals surface area contributed by atoms with Crippen molar-refractivity contribution in [3.05, 3.63) is 76.8 Å². The molecule has 266 valence electrons. The second kappa shape index (κ2) is 16.7. The van der Waals surface area contributed by atoms with Gasteiger partial charge in [-0.25, -0.2) is 4.79 Å². The van der Waals surface area contributed by atoms with Gasteiger partial charge in [0.05, 0.1) is 24.2 Å². The molecule has 49 heavy (non-hydrogen) atoms. The summed E-state index contributed by atoms with van der Waals surface area (Å²) in [6.07, 6.45) is 1.34. The van der Waals surface area contributed by atoms with Crippen LogP contribution < -0.4 is 15.4 Å². The number of carbonyl (C=O) groups is 4. The van der Waals surface area contributed by atoms with E-state index in [1.807, 2.05) is 71.9 Å². The SMILES string of the molecule is COc1ccc(C[C@H]2NC(=O)/C=C/C[C@@H]([C@H](C)[C@H]3O[C@@H]3c3ccccc3)OC(=O)[C@H](CC(C)C)OC(=O)[C@H](C(C)(C)C)CNC2=O)cc1Cl. The summed E-state index contributed by atoms with van der Waals surface area (Å²) >= 11 is 6.35. The Hall–Kier alpha value is -3.89. The number of ether oxygens (including phenoxy) is 4. The van der Waals surface area contributed by atoms with Gasteiger partial charge in [-0.1, -0.05) is 95.6 Å². The number of carbonyl (C=O) groups excluding carboxylic acids is 4. The van der Waals surface area contributed by atoms with Crippen molar-refractivity contribution in [2.75, 3.05) is 13.7 Å². The molecule has 0 saturated carbocycles. The van der Waals surface area contributed by atoms with Crippen LogP contribution in [0.25, 0.3) is 0 Å². The van der Waals surface area contributed by atoms with E-state index >= 15 is 0 Å². The van der Waals surface area contributed by atoms with E-state index in [0.29, 0.717) is 16.3 Å². The molecular weight excluding hydrogens is 648 g/mol. The van der Waals surface area contributed by atoms with E-state index in [4.69, 9.17) is 30.5 Å². The van der Waals surface area contributed by atoms with E-state index in [1.54, 1.807) is 24.3 Å². The maximum Gasteiger partial charge on any atom is 0.347 e. The van der Waals surface area contributed by atoms with Crippen LogP contribution in [0.1, 0.15) is 71.6 Å². The van der Waals surface area contributed by atoms with Gasteiger partial charge >= 0.3 is 11.9 Å². The maximum atomic E-state index is 13.7. The average molecular weight is 697 g/mol. The lowest BCUT2D eigenvalue weighted by Gasteiger charge is -2.32. The average Bonchev–Trinajstić information content (AvgIpc) is 3.84. The van der Waals surface area contributed by atoms with Gasteiger partial charge in [0.25, 0.3) is 0 Å². The molecule has 2 N–H and O–H groups in total. The van der Waals surface area contributed by atoms with E-state index in [-0.39, 0.29) is 49.9 Å². The zero-order valence-corrected chi connectivity index (χ0v) is 30.1. The zero-order chi connectivity index (χ0) is 35.9. The van der Waals surface area contributed by atoms with E-state index < -0.39 is 53.3 Å². The van der Waals surface area contributed by atoms with Crippen LogP contribution in [0.15, 0.2) is 60.7 Å². The predicted molar refractivity (Wildman–Crippen MR) is 186 cm³/mol. The van der Waals surface area contributed by atoms with Crippen molar-refractivity contribution < 1.29 is 38.1 Å². The molecule has 0 radical (unpaired) electrons. The van der Waals surface area contributed by atoms with E-state index in [1.165, 1.54) is 13.2 Å². The van der Waals surface area contributed by atoms with Gasteiger partial charge in [0.1, 0.15) is 24.0 Å². The highest BCUT2D eigenvalue weighted by molar-refractivity contribution is 6.32. The Morgan fingerprint density at radius 1 is 0.980 bits per heavy atom. The Kier molecular flexibility index (Phi) is 12.9. The molecule has 0 bridgehead atoms. The van der Waals surface area contributed by atoms with Gasteiger partial charge in [-0.15, -0.1) is 0 Å². The summed E-state index contributed by atoms with van der Waals surface area (Å²) < 4.78 is 23.3. The van der Waals surface area contributed by atoms with Gasteiger partial charge in [0.15, 0.2) is 6.10 Å². The molecule has 10 nitrogen and oxygen atoms in total. The van der Waals surface area contributed by atoms with Gasteiger partial charge in [0, 0.05) is 25.3 Å². The summed E-state index contributed by atoms with van der Waals surface area (Å²) in [5.74, 6) is -2.82. The Morgan fingerprint density at radius 2 is 1.69 bits per heavy atom. The number of halogens is 1. The first-order valence-electron chi connectivity index (χ1n) is 16.9. The Bertz CT molecular complexity index is 1500. The molecule has 2 aromatic rings. The van der Waals surface area contributed by atoms with Crippen molar-refractivity contribution in [1.82, 2.24) is 10.6 Å². The molecule has 0 unspecified atom stereocenters. The number of hydrogen-bond donors (Lipinski definition) is 2. The summed E-state index contributed by atoms with van der Waals surface area (Å²) in [4.78, 5) is 54.3. The molecule has 0 aromatic heterocycles. The number of hydrogen-bond acceptors (Lipinski definition) is 8. The zero-order valence-electron chi connectivity index (χ0n) is 29.4. The first-order valence-corrected chi connectivity index (χ1v) is 17.2. The van der Waals surface area contributed by atoms with Gasteiger partial charge in [0.2, 0.25) is 11.8 Å². The topological polar surface area (TPSA) is 133 Å². The standard InChI is InChI=1S/C38H49ClN2O8/c1-22(2)18-31-37(45)47-29(23(3)33-34(49-33)25-12-9-8-10-13-25)14-11-15-32(42)41-28(20-24-16-17-30(46-7)27(39)19-24)35(43)40-21-26(36(44)48-31)38(4,5)6/h8-13,15-17,19,22-23,26,28-29,31,33-34H,14,18,20-21H2,1-7H3,(H,40,43)(H,41,42)/b15-11+/t23-,26+,28+,29-,31-,33+,34+/m0/s1.